The molecule has 0 aliphatic carbocycles. The molecule has 0 aliphatic rings. The quantitative estimate of drug-likeness (QED) is 0.923. The lowest BCUT2D eigenvalue weighted by molar-refractivity contribution is 0.589. The Hall–Kier alpha value is -1.39. The van der Waals surface area contributed by atoms with Gasteiger partial charge in [0.25, 0.3) is 0 Å². The first-order valence-electron chi connectivity index (χ1n) is 5.71. The molecule has 1 aromatic heterocycles. The molecular formula is C13H15ClFN3. The summed E-state index contributed by atoms with van der Waals surface area (Å²) in [5.41, 5.74) is 1.59. The average molecular weight is 268 g/mol. The fourth-order valence-corrected chi connectivity index (χ4v) is 2.08. The van der Waals surface area contributed by atoms with E-state index in [-0.39, 0.29) is 5.82 Å². The van der Waals surface area contributed by atoms with Gasteiger partial charge in [-0.05, 0) is 32.2 Å². The number of nitrogens with one attached hydrogen (secondary N) is 1. The van der Waals surface area contributed by atoms with Gasteiger partial charge in [-0.15, -0.1) is 0 Å². The number of imidazole rings is 1. The van der Waals surface area contributed by atoms with E-state index in [4.69, 9.17) is 11.6 Å². The number of aromatic nitrogens is 2. The predicted molar refractivity (Wildman–Crippen MR) is 70.2 cm³/mol. The van der Waals surface area contributed by atoms with Crippen molar-refractivity contribution in [3.8, 4) is 0 Å². The Morgan fingerprint density at radius 3 is 2.94 bits per heavy atom. The molecule has 1 N–H and O–H groups in total. The number of aryl methyl sites for hydroxylation is 1. The Kier molecular flexibility index (Phi) is 3.99. The van der Waals surface area contributed by atoms with Gasteiger partial charge in [0, 0.05) is 23.3 Å². The number of rotatable bonds is 4. The first-order chi connectivity index (χ1) is 8.61. The predicted octanol–water partition coefficient (Wildman–Crippen LogP) is 2.75. The van der Waals surface area contributed by atoms with Gasteiger partial charge in [0.1, 0.15) is 11.6 Å². The molecule has 96 valence electrons. The lowest BCUT2D eigenvalue weighted by Crippen LogP contribution is -2.13. The van der Waals surface area contributed by atoms with Gasteiger partial charge in [0.15, 0.2) is 0 Å². The average Bonchev–Trinajstić information content (AvgIpc) is 2.67. The minimum atomic E-state index is -0.247. The Labute approximate surface area is 111 Å². The molecule has 0 spiro atoms. The van der Waals surface area contributed by atoms with Gasteiger partial charge in [0.05, 0.1) is 12.2 Å². The van der Waals surface area contributed by atoms with Crippen molar-refractivity contribution >= 4 is 11.6 Å². The minimum absolute atomic E-state index is 0.247. The van der Waals surface area contributed by atoms with E-state index in [1.165, 1.54) is 6.07 Å². The van der Waals surface area contributed by atoms with Gasteiger partial charge in [-0.3, -0.25) is 0 Å². The summed E-state index contributed by atoms with van der Waals surface area (Å²) in [6.07, 6.45) is 1.80. The van der Waals surface area contributed by atoms with Gasteiger partial charge in [0.2, 0.25) is 0 Å². The van der Waals surface area contributed by atoms with E-state index < -0.39 is 0 Å². The van der Waals surface area contributed by atoms with Crippen molar-refractivity contribution in [1.29, 1.82) is 0 Å². The van der Waals surface area contributed by atoms with Crippen molar-refractivity contribution in [2.75, 3.05) is 7.05 Å². The summed E-state index contributed by atoms with van der Waals surface area (Å²) in [4.78, 5) is 4.25. The molecule has 3 nitrogen and oxygen atoms in total. The summed E-state index contributed by atoms with van der Waals surface area (Å²) in [5, 5.41) is 3.61. The first kappa shape index (κ1) is 13.1. The SMILES string of the molecule is CNCc1cnc(C)n1Cc1cc(Cl)ccc1F. The standard InChI is InChI=1S/C13H15ClFN3/c1-9-17-7-12(6-16-2)18(9)8-10-5-11(14)3-4-13(10)15/h3-5,7,16H,6,8H2,1-2H3. The van der Waals surface area contributed by atoms with Crippen LogP contribution in [-0.2, 0) is 13.1 Å². The lowest BCUT2D eigenvalue weighted by Gasteiger charge is -2.11. The molecule has 2 aromatic rings. The van der Waals surface area contributed by atoms with Crippen molar-refractivity contribution in [2.45, 2.75) is 20.0 Å². The molecule has 0 saturated carbocycles. The normalized spacial score (nSPS) is 10.9. The van der Waals surface area contributed by atoms with Crippen LogP contribution in [0.1, 0.15) is 17.1 Å². The summed E-state index contributed by atoms with van der Waals surface area (Å²) in [6.45, 7) is 3.04. The summed E-state index contributed by atoms with van der Waals surface area (Å²) in [5.74, 6) is 0.613. The molecule has 0 aliphatic heterocycles. The van der Waals surface area contributed by atoms with Gasteiger partial charge in [-0.1, -0.05) is 11.6 Å². The summed E-state index contributed by atoms with van der Waals surface area (Å²) in [6, 6.07) is 4.59. The van der Waals surface area contributed by atoms with Crippen molar-refractivity contribution in [3.05, 3.63) is 52.3 Å². The third kappa shape index (κ3) is 2.71. The van der Waals surface area contributed by atoms with Crippen LogP contribution in [0.3, 0.4) is 0 Å². The van der Waals surface area contributed by atoms with Gasteiger partial charge in [-0.2, -0.15) is 0 Å². The van der Waals surface area contributed by atoms with Crippen LogP contribution in [0.2, 0.25) is 5.02 Å². The largest absolute Gasteiger partial charge is 0.326 e. The zero-order valence-corrected chi connectivity index (χ0v) is 11.1. The van der Waals surface area contributed by atoms with E-state index in [0.717, 1.165) is 11.5 Å². The number of benzene rings is 1. The van der Waals surface area contributed by atoms with Crippen LogP contribution >= 0.6 is 11.6 Å². The van der Waals surface area contributed by atoms with Crippen molar-refractivity contribution in [2.24, 2.45) is 0 Å². The Balaban J connectivity index is 2.33. The highest BCUT2D eigenvalue weighted by Crippen LogP contribution is 2.17. The monoisotopic (exact) mass is 267 g/mol. The zero-order valence-electron chi connectivity index (χ0n) is 10.4. The number of halogens is 2. The van der Waals surface area contributed by atoms with Crippen LogP contribution in [0, 0.1) is 12.7 Å². The molecule has 0 fully saturated rings. The molecule has 2 rings (SSSR count). The van der Waals surface area contributed by atoms with E-state index in [2.05, 4.69) is 10.3 Å². The molecule has 1 heterocycles. The van der Waals surface area contributed by atoms with Gasteiger partial charge >= 0.3 is 0 Å². The third-order valence-corrected chi connectivity index (χ3v) is 3.07. The van der Waals surface area contributed by atoms with Gasteiger partial charge in [-0.25, -0.2) is 9.37 Å². The van der Waals surface area contributed by atoms with Crippen LogP contribution in [-0.4, -0.2) is 16.6 Å². The number of nitrogens with zero attached hydrogens (tertiary/aromatic N) is 2. The highest BCUT2D eigenvalue weighted by molar-refractivity contribution is 6.30. The number of hydrogen-bond donors (Lipinski definition) is 1. The fraction of sp³-hybridized carbons (Fsp3) is 0.308. The molecule has 0 saturated heterocycles. The lowest BCUT2D eigenvalue weighted by atomic mass is 10.2. The van der Waals surface area contributed by atoms with E-state index >= 15 is 0 Å². The third-order valence-electron chi connectivity index (χ3n) is 2.83. The Morgan fingerprint density at radius 1 is 1.44 bits per heavy atom. The fourth-order valence-electron chi connectivity index (χ4n) is 1.89. The van der Waals surface area contributed by atoms with Crippen molar-refractivity contribution < 1.29 is 4.39 Å². The van der Waals surface area contributed by atoms with Crippen molar-refractivity contribution in [1.82, 2.24) is 14.9 Å². The maximum Gasteiger partial charge on any atom is 0.128 e. The summed E-state index contributed by atoms with van der Waals surface area (Å²) >= 11 is 5.89. The molecule has 0 atom stereocenters. The molecule has 1 aromatic carbocycles. The molecule has 0 amide bonds. The van der Waals surface area contributed by atoms with Crippen LogP contribution in [0.4, 0.5) is 4.39 Å². The highest BCUT2D eigenvalue weighted by Gasteiger charge is 2.09. The Bertz CT molecular complexity index is 551. The molecular weight excluding hydrogens is 253 g/mol. The van der Waals surface area contributed by atoms with E-state index in [1.54, 1.807) is 18.3 Å². The second-order valence-corrected chi connectivity index (χ2v) is 4.59. The van der Waals surface area contributed by atoms with E-state index in [1.807, 2.05) is 18.5 Å². The molecule has 0 radical (unpaired) electrons. The molecule has 0 bridgehead atoms. The maximum atomic E-state index is 13.7. The highest BCUT2D eigenvalue weighted by atomic mass is 35.5. The van der Waals surface area contributed by atoms with Crippen LogP contribution < -0.4 is 5.32 Å². The number of hydrogen-bond acceptors (Lipinski definition) is 2. The van der Waals surface area contributed by atoms with E-state index in [9.17, 15) is 4.39 Å². The second-order valence-electron chi connectivity index (χ2n) is 4.15. The van der Waals surface area contributed by atoms with Crippen LogP contribution in [0.15, 0.2) is 24.4 Å². The summed E-state index contributed by atoms with van der Waals surface area (Å²) < 4.78 is 15.7. The van der Waals surface area contributed by atoms with Crippen molar-refractivity contribution in [3.63, 3.8) is 0 Å². The topological polar surface area (TPSA) is 29.9 Å². The summed E-state index contributed by atoms with van der Waals surface area (Å²) in [7, 11) is 1.87. The smallest absolute Gasteiger partial charge is 0.128 e. The zero-order chi connectivity index (χ0) is 13.1. The van der Waals surface area contributed by atoms with Crippen LogP contribution in [0.25, 0.3) is 0 Å². The maximum absolute atomic E-state index is 13.7. The van der Waals surface area contributed by atoms with E-state index in [0.29, 0.717) is 23.7 Å². The van der Waals surface area contributed by atoms with Gasteiger partial charge < -0.3 is 9.88 Å². The Morgan fingerprint density at radius 2 is 2.22 bits per heavy atom. The molecule has 0 unspecified atom stereocenters. The van der Waals surface area contributed by atoms with Crippen LogP contribution in [0.5, 0.6) is 0 Å². The minimum Gasteiger partial charge on any atom is -0.326 e. The first-order valence-corrected chi connectivity index (χ1v) is 6.09. The molecule has 18 heavy (non-hydrogen) atoms. The molecule has 5 heteroatoms. The second kappa shape index (κ2) is 5.50.